The zero-order chi connectivity index (χ0) is 10.3. The topological polar surface area (TPSA) is 63.3 Å². The lowest BCUT2D eigenvalue weighted by Crippen LogP contribution is -2.00. The zero-order valence-electron chi connectivity index (χ0n) is 7.40. The molecule has 0 saturated heterocycles. The highest BCUT2D eigenvalue weighted by molar-refractivity contribution is 5.75. The van der Waals surface area contributed by atoms with Crippen LogP contribution in [0.5, 0.6) is 0 Å². The Hall–Kier alpha value is -1.58. The van der Waals surface area contributed by atoms with Gasteiger partial charge in [-0.3, -0.25) is 4.79 Å². The van der Waals surface area contributed by atoms with Gasteiger partial charge in [-0.2, -0.15) is 0 Å². The maximum Gasteiger partial charge on any atom is 0.307 e. The SMILES string of the molecule is Nc1ccc(C2CC2C(=O)O)c(F)c1. The molecule has 1 fully saturated rings. The first kappa shape index (κ1) is 8.99. The van der Waals surface area contributed by atoms with Crippen molar-refractivity contribution in [3.05, 3.63) is 29.6 Å². The molecule has 0 aliphatic heterocycles. The number of nitrogens with two attached hydrogens (primary N) is 1. The molecule has 14 heavy (non-hydrogen) atoms. The number of rotatable bonds is 2. The number of carboxylic acid groups (broad SMARTS) is 1. The van der Waals surface area contributed by atoms with E-state index in [4.69, 9.17) is 10.8 Å². The van der Waals surface area contributed by atoms with E-state index in [0.29, 0.717) is 17.7 Å². The first-order chi connectivity index (χ1) is 6.59. The Morgan fingerprint density at radius 1 is 1.57 bits per heavy atom. The second-order valence-corrected chi connectivity index (χ2v) is 3.57. The Kier molecular flexibility index (Phi) is 1.91. The molecule has 2 unspecified atom stereocenters. The third-order valence-electron chi connectivity index (χ3n) is 2.53. The van der Waals surface area contributed by atoms with E-state index in [0.717, 1.165) is 0 Å². The molecule has 0 bridgehead atoms. The second-order valence-electron chi connectivity index (χ2n) is 3.57. The molecular formula is C10H10FNO2. The average Bonchev–Trinajstić information content (AvgIpc) is 2.83. The van der Waals surface area contributed by atoms with Crippen molar-refractivity contribution in [1.29, 1.82) is 0 Å². The lowest BCUT2D eigenvalue weighted by molar-refractivity contribution is -0.138. The minimum Gasteiger partial charge on any atom is -0.481 e. The van der Waals surface area contributed by atoms with Gasteiger partial charge in [-0.05, 0) is 24.1 Å². The Labute approximate surface area is 80.3 Å². The predicted octanol–water partition coefficient (Wildman–Crippen LogP) is 1.60. The Morgan fingerprint density at radius 3 is 2.79 bits per heavy atom. The van der Waals surface area contributed by atoms with Crippen LogP contribution >= 0.6 is 0 Å². The number of hydrogen-bond acceptors (Lipinski definition) is 2. The van der Waals surface area contributed by atoms with Gasteiger partial charge in [-0.15, -0.1) is 0 Å². The molecule has 1 saturated carbocycles. The van der Waals surface area contributed by atoms with E-state index in [9.17, 15) is 9.18 Å². The van der Waals surface area contributed by atoms with Crippen LogP contribution in [0.15, 0.2) is 18.2 Å². The molecule has 0 heterocycles. The van der Waals surface area contributed by atoms with Crippen molar-refractivity contribution >= 4 is 11.7 Å². The summed E-state index contributed by atoms with van der Waals surface area (Å²) in [5.74, 6) is -1.86. The van der Waals surface area contributed by atoms with Gasteiger partial charge < -0.3 is 10.8 Å². The maximum absolute atomic E-state index is 13.3. The minimum absolute atomic E-state index is 0.173. The van der Waals surface area contributed by atoms with Crippen molar-refractivity contribution in [3.63, 3.8) is 0 Å². The van der Waals surface area contributed by atoms with E-state index < -0.39 is 17.7 Å². The second kappa shape index (κ2) is 2.97. The predicted molar refractivity (Wildman–Crippen MR) is 49.3 cm³/mol. The van der Waals surface area contributed by atoms with Crippen LogP contribution in [0.1, 0.15) is 17.9 Å². The summed E-state index contributed by atoms with van der Waals surface area (Å²) in [6.07, 6.45) is 0.524. The molecule has 1 aromatic rings. The van der Waals surface area contributed by atoms with Crippen LogP contribution < -0.4 is 5.73 Å². The summed E-state index contributed by atoms with van der Waals surface area (Å²) >= 11 is 0. The molecule has 3 nitrogen and oxygen atoms in total. The molecule has 0 spiro atoms. The summed E-state index contributed by atoms with van der Waals surface area (Å²) in [5, 5.41) is 8.68. The van der Waals surface area contributed by atoms with Crippen molar-refractivity contribution in [2.45, 2.75) is 12.3 Å². The minimum atomic E-state index is -0.855. The van der Waals surface area contributed by atoms with Crippen molar-refractivity contribution in [2.24, 2.45) is 5.92 Å². The highest BCUT2D eigenvalue weighted by Gasteiger charge is 2.45. The number of anilines is 1. The van der Waals surface area contributed by atoms with Gasteiger partial charge in [0.05, 0.1) is 5.92 Å². The molecule has 0 radical (unpaired) electrons. The van der Waals surface area contributed by atoms with Gasteiger partial charge in [0.25, 0.3) is 0 Å². The molecule has 3 N–H and O–H groups in total. The lowest BCUT2D eigenvalue weighted by atomic mass is 10.1. The molecule has 1 aromatic carbocycles. The standard InChI is InChI=1S/C10H10FNO2/c11-9-3-5(12)1-2-6(9)7-4-8(7)10(13)14/h1-3,7-8H,4,12H2,(H,13,14). The van der Waals surface area contributed by atoms with Crippen LogP contribution in [0.2, 0.25) is 0 Å². The zero-order valence-corrected chi connectivity index (χ0v) is 7.40. The van der Waals surface area contributed by atoms with Crippen LogP contribution in [-0.2, 0) is 4.79 Å². The molecule has 0 amide bonds. The highest BCUT2D eigenvalue weighted by Crippen LogP contribution is 2.48. The Balaban J connectivity index is 2.23. The number of nitrogen functional groups attached to an aromatic ring is 1. The smallest absolute Gasteiger partial charge is 0.307 e. The summed E-state index contributed by atoms with van der Waals surface area (Å²) in [5.41, 5.74) is 6.21. The monoisotopic (exact) mass is 195 g/mol. The molecule has 1 aliphatic rings. The number of carboxylic acids is 1. The van der Waals surface area contributed by atoms with Crippen molar-refractivity contribution in [2.75, 3.05) is 5.73 Å². The van der Waals surface area contributed by atoms with Gasteiger partial charge in [0.15, 0.2) is 0 Å². The third kappa shape index (κ3) is 1.43. The van der Waals surface area contributed by atoms with Crippen molar-refractivity contribution in [1.82, 2.24) is 0 Å². The van der Waals surface area contributed by atoms with E-state index in [1.165, 1.54) is 6.07 Å². The number of halogens is 1. The number of benzene rings is 1. The molecule has 74 valence electrons. The fraction of sp³-hybridized carbons (Fsp3) is 0.300. The quantitative estimate of drug-likeness (QED) is 0.704. The summed E-state index contributed by atoms with van der Waals surface area (Å²) in [6, 6.07) is 4.39. The van der Waals surface area contributed by atoms with Gasteiger partial charge in [0, 0.05) is 11.6 Å². The van der Waals surface area contributed by atoms with Crippen LogP contribution in [0.3, 0.4) is 0 Å². The maximum atomic E-state index is 13.3. The van der Waals surface area contributed by atoms with Crippen LogP contribution in [0.25, 0.3) is 0 Å². The summed E-state index contributed by atoms with van der Waals surface area (Å²) in [7, 11) is 0. The number of aliphatic carboxylic acids is 1. The molecule has 0 aromatic heterocycles. The van der Waals surface area contributed by atoms with Crippen LogP contribution in [0, 0.1) is 11.7 Å². The van der Waals surface area contributed by atoms with E-state index in [2.05, 4.69) is 0 Å². The van der Waals surface area contributed by atoms with Crippen molar-refractivity contribution < 1.29 is 14.3 Å². The van der Waals surface area contributed by atoms with Gasteiger partial charge >= 0.3 is 5.97 Å². The van der Waals surface area contributed by atoms with E-state index in [1.54, 1.807) is 12.1 Å². The highest BCUT2D eigenvalue weighted by atomic mass is 19.1. The molecule has 4 heteroatoms. The summed E-state index contributed by atoms with van der Waals surface area (Å²) in [6.45, 7) is 0. The van der Waals surface area contributed by atoms with Crippen LogP contribution in [0.4, 0.5) is 10.1 Å². The largest absolute Gasteiger partial charge is 0.481 e. The van der Waals surface area contributed by atoms with E-state index in [-0.39, 0.29) is 5.92 Å². The Morgan fingerprint density at radius 2 is 2.29 bits per heavy atom. The van der Waals surface area contributed by atoms with Crippen molar-refractivity contribution in [3.8, 4) is 0 Å². The van der Waals surface area contributed by atoms with Gasteiger partial charge in [0.2, 0.25) is 0 Å². The molecule has 1 aliphatic carbocycles. The van der Waals surface area contributed by atoms with E-state index >= 15 is 0 Å². The fourth-order valence-electron chi connectivity index (χ4n) is 1.66. The van der Waals surface area contributed by atoms with Gasteiger partial charge in [-0.25, -0.2) is 4.39 Å². The first-order valence-corrected chi connectivity index (χ1v) is 4.37. The summed E-state index contributed by atoms with van der Waals surface area (Å²) in [4.78, 5) is 10.6. The molecular weight excluding hydrogens is 185 g/mol. The Bertz CT molecular complexity index is 392. The molecule has 2 rings (SSSR count). The lowest BCUT2D eigenvalue weighted by Gasteiger charge is -2.01. The van der Waals surface area contributed by atoms with Gasteiger partial charge in [0.1, 0.15) is 5.82 Å². The third-order valence-corrected chi connectivity index (χ3v) is 2.53. The average molecular weight is 195 g/mol. The van der Waals surface area contributed by atoms with E-state index in [1.807, 2.05) is 0 Å². The van der Waals surface area contributed by atoms with Crippen LogP contribution in [-0.4, -0.2) is 11.1 Å². The van der Waals surface area contributed by atoms with Gasteiger partial charge in [-0.1, -0.05) is 6.07 Å². The fourth-order valence-corrected chi connectivity index (χ4v) is 1.66. The summed E-state index contributed by atoms with van der Waals surface area (Å²) < 4.78 is 13.3. The normalized spacial score (nSPS) is 24.6. The number of carbonyl (C=O) groups is 1. The first-order valence-electron chi connectivity index (χ1n) is 4.37. The number of hydrogen-bond donors (Lipinski definition) is 2. The molecule has 2 atom stereocenters.